The number of oxazole rings is 1. The van der Waals surface area contributed by atoms with Gasteiger partial charge in [-0.1, -0.05) is 31.5 Å². The minimum Gasteiger partial charge on any atom is -0.444 e. The van der Waals surface area contributed by atoms with E-state index < -0.39 is 0 Å². The molecule has 0 saturated heterocycles. The molecule has 0 bridgehead atoms. The molecule has 2 aromatic rings. The lowest BCUT2D eigenvalue weighted by Gasteiger charge is -2.10. The van der Waals surface area contributed by atoms with E-state index in [0.717, 1.165) is 43.1 Å². The molecule has 2 N–H and O–H groups in total. The molecule has 0 spiro atoms. The van der Waals surface area contributed by atoms with Crippen molar-refractivity contribution in [3.63, 3.8) is 0 Å². The van der Waals surface area contributed by atoms with Gasteiger partial charge in [-0.2, -0.15) is 0 Å². The lowest BCUT2D eigenvalue weighted by Crippen LogP contribution is -2.37. The molecular weight excluding hydrogens is 403 g/mol. The van der Waals surface area contributed by atoms with Crippen molar-refractivity contribution >= 4 is 29.9 Å². The van der Waals surface area contributed by atoms with Crippen LogP contribution in [-0.2, 0) is 6.54 Å². The third-order valence-corrected chi connectivity index (χ3v) is 3.14. The highest BCUT2D eigenvalue weighted by molar-refractivity contribution is 14.0. The summed E-state index contributed by atoms with van der Waals surface area (Å²) in [4.78, 5) is 9.01. The summed E-state index contributed by atoms with van der Waals surface area (Å²) in [5, 5.41) is 6.54. The fraction of sp³-hybridized carbons (Fsp3) is 0.412. The molecule has 0 unspecified atom stereocenters. The second kappa shape index (κ2) is 11.0. The van der Waals surface area contributed by atoms with Gasteiger partial charge in [-0.15, -0.1) is 24.0 Å². The van der Waals surface area contributed by atoms with Crippen LogP contribution in [0.15, 0.2) is 46.0 Å². The molecule has 0 aliphatic carbocycles. The summed E-state index contributed by atoms with van der Waals surface area (Å²) in [5.74, 6) is 1.45. The molecule has 0 radical (unpaired) electrons. The van der Waals surface area contributed by atoms with Crippen LogP contribution in [-0.4, -0.2) is 24.0 Å². The van der Waals surface area contributed by atoms with Crippen LogP contribution in [0, 0.1) is 0 Å². The zero-order valence-corrected chi connectivity index (χ0v) is 16.0. The Labute approximate surface area is 155 Å². The topological polar surface area (TPSA) is 62.5 Å². The predicted octanol–water partition coefficient (Wildman–Crippen LogP) is 3.81. The molecule has 0 aliphatic heterocycles. The molecule has 5 nitrogen and oxygen atoms in total. The van der Waals surface area contributed by atoms with Crippen molar-refractivity contribution in [2.45, 2.75) is 33.2 Å². The van der Waals surface area contributed by atoms with Crippen molar-refractivity contribution in [3.05, 3.63) is 42.3 Å². The number of aromatic nitrogens is 1. The average molecular weight is 428 g/mol. The summed E-state index contributed by atoms with van der Waals surface area (Å²) in [7, 11) is 0. The summed E-state index contributed by atoms with van der Waals surface area (Å²) in [6.07, 6.45) is 3.96. The van der Waals surface area contributed by atoms with Crippen LogP contribution in [0.4, 0.5) is 0 Å². The van der Waals surface area contributed by atoms with Gasteiger partial charge in [0.25, 0.3) is 0 Å². The second-order valence-electron chi connectivity index (χ2n) is 4.99. The third-order valence-electron chi connectivity index (χ3n) is 3.14. The molecule has 23 heavy (non-hydrogen) atoms. The highest BCUT2D eigenvalue weighted by Crippen LogP contribution is 2.18. The molecule has 0 amide bonds. The Kier molecular flexibility index (Phi) is 9.35. The maximum Gasteiger partial charge on any atom is 0.226 e. The standard InChI is InChI=1S/C17H24N4O.HI/c1-3-5-11-19-17(18-4-2)20-12-15-13-22-16(21-15)14-9-7-6-8-10-14;/h6-10,13H,3-5,11-12H2,1-2H3,(H2,18,19,20);1H. The lowest BCUT2D eigenvalue weighted by molar-refractivity contribution is 0.572. The fourth-order valence-corrected chi connectivity index (χ4v) is 1.98. The zero-order valence-electron chi connectivity index (χ0n) is 13.7. The quantitative estimate of drug-likeness (QED) is 0.305. The first-order valence-electron chi connectivity index (χ1n) is 7.85. The van der Waals surface area contributed by atoms with Crippen molar-refractivity contribution in [1.29, 1.82) is 0 Å². The molecule has 1 aromatic heterocycles. The maximum atomic E-state index is 5.52. The Hall–Kier alpha value is -1.57. The minimum absolute atomic E-state index is 0. The third kappa shape index (κ3) is 6.60. The van der Waals surface area contributed by atoms with Crippen molar-refractivity contribution in [2.24, 2.45) is 4.99 Å². The highest BCUT2D eigenvalue weighted by Gasteiger charge is 2.06. The number of unbranched alkanes of at least 4 members (excludes halogenated alkanes) is 1. The van der Waals surface area contributed by atoms with E-state index in [2.05, 4.69) is 34.5 Å². The van der Waals surface area contributed by atoms with Gasteiger partial charge in [0.1, 0.15) is 12.0 Å². The monoisotopic (exact) mass is 428 g/mol. The number of halogens is 1. The largest absolute Gasteiger partial charge is 0.444 e. The van der Waals surface area contributed by atoms with E-state index in [9.17, 15) is 0 Å². The first-order valence-corrected chi connectivity index (χ1v) is 7.85. The summed E-state index contributed by atoms with van der Waals surface area (Å²) >= 11 is 0. The highest BCUT2D eigenvalue weighted by atomic mass is 127. The molecule has 0 fully saturated rings. The molecule has 0 atom stereocenters. The average Bonchev–Trinajstić information content (AvgIpc) is 3.03. The normalized spacial score (nSPS) is 11.0. The van der Waals surface area contributed by atoms with E-state index >= 15 is 0 Å². The van der Waals surface area contributed by atoms with Crippen LogP contribution in [0.2, 0.25) is 0 Å². The number of aliphatic imine (C=N–C) groups is 1. The summed E-state index contributed by atoms with van der Waals surface area (Å²) in [6.45, 7) is 6.49. The van der Waals surface area contributed by atoms with Gasteiger partial charge in [-0.25, -0.2) is 9.98 Å². The number of hydrogen-bond acceptors (Lipinski definition) is 3. The van der Waals surface area contributed by atoms with E-state index in [4.69, 9.17) is 4.42 Å². The van der Waals surface area contributed by atoms with Crippen LogP contribution in [0.3, 0.4) is 0 Å². The SMILES string of the molecule is CCCCNC(=NCc1coc(-c2ccccc2)n1)NCC.I. The fourth-order valence-electron chi connectivity index (χ4n) is 1.98. The number of hydrogen-bond donors (Lipinski definition) is 2. The molecule has 2 rings (SSSR count). The van der Waals surface area contributed by atoms with E-state index in [1.165, 1.54) is 0 Å². The predicted molar refractivity (Wildman–Crippen MR) is 105 cm³/mol. The van der Waals surface area contributed by atoms with Gasteiger partial charge in [-0.3, -0.25) is 0 Å². The van der Waals surface area contributed by atoms with E-state index in [1.54, 1.807) is 6.26 Å². The summed E-state index contributed by atoms with van der Waals surface area (Å²) in [6, 6.07) is 9.88. The smallest absolute Gasteiger partial charge is 0.226 e. The molecule has 0 saturated carbocycles. The van der Waals surface area contributed by atoms with Gasteiger partial charge < -0.3 is 15.1 Å². The molecule has 0 aliphatic rings. The number of rotatable bonds is 7. The van der Waals surface area contributed by atoms with Gasteiger partial charge in [0.2, 0.25) is 5.89 Å². The van der Waals surface area contributed by atoms with Crippen molar-refractivity contribution in [1.82, 2.24) is 15.6 Å². The Morgan fingerprint density at radius 1 is 1.17 bits per heavy atom. The number of benzene rings is 1. The van der Waals surface area contributed by atoms with E-state index in [0.29, 0.717) is 12.4 Å². The van der Waals surface area contributed by atoms with Crippen LogP contribution < -0.4 is 10.6 Å². The van der Waals surface area contributed by atoms with Crippen LogP contribution in [0.5, 0.6) is 0 Å². The van der Waals surface area contributed by atoms with Crippen LogP contribution in [0.25, 0.3) is 11.5 Å². The Bertz CT molecular complexity index is 583. The Balaban J connectivity index is 0.00000264. The van der Waals surface area contributed by atoms with E-state index in [1.807, 2.05) is 30.3 Å². The van der Waals surface area contributed by atoms with Gasteiger partial charge in [-0.05, 0) is 25.5 Å². The lowest BCUT2D eigenvalue weighted by atomic mass is 10.2. The Morgan fingerprint density at radius 3 is 2.65 bits per heavy atom. The first kappa shape index (κ1) is 19.5. The van der Waals surface area contributed by atoms with Gasteiger partial charge >= 0.3 is 0 Å². The molecule has 1 heterocycles. The molecule has 1 aromatic carbocycles. The minimum atomic E-state index is 0. The van der Waals surface area contributed by atoms with Gasteiger partial charge in [0.15, 0.2) is 5.96 Å². The van der Waals surface area contributed by atoms with E-state index in [-0.39, 0.29) is 24.0 Å². The van der Waals surface area contributed by atoms with Crippen LogP contribution >= 0.6 is 24.0 Å². The molecular formula is C17H25IN4O. The summed E-state index contributed by atoms with van der Waals surface area (Å²) < 4.78 is 5.52. The molecule has 6 heteroatoms. The number of nitrogens with zero attached hydrogens (tertiary/aromatic N) is 2. The summed E-state index contributed by atoms with van der Waals surface area (Å²) in [5.41, 5.74) is 1.80. The maximum absolute atomic E-state index is 5.52. The van der Waals surface area contributed by atoms with Crippen molar-refractivity contribution < 1.29 is 4.42 Å². The van der Waals surface area contributed by atoms with Crippen molar-refractivity contribution in [3.8, 4) is 11.5 Å². The number of nitrogens with one attached hydrogen (secondary N) is 2. The van der Waals surface area contributed by atoms with Gasteiger partial charge in [0.05, 0.1) is 6.54 Å². The Morgan fingerprint density at radius 2 is 1.96 bits per heavy atom. The number of guanidine groups is 1. The molecule has 126 valence electrons. The zero-order chi connectivity index (χ0) is 15.6. The van der Waals surface area contributed by atoms with Gasteiger partial charge in [0, 0.05) is 18.7 Å². The first-order chi connectivity index (χ1) is 10.8. The second-order valence-corrected chi connectivity index (χ2v) is 4.99. The van der Waals surface area contributed by atoms with Crippen LogP contribution in [0.1, 0.15) is 32.4 Å². The van der Waals surface area contributed by atoms with Crippen molar-refractivity contribution in [2.75, 3.05) is 13.1 Å².